The van der Waals surface area contributed by atoms with Crippen LogP contribution in [-0.4, -0.2) is 32.5 Å². The van der Waals surface area contributed by atoms with E-state index in [9.17, 15) is 0 Å². The largest absolute Gasteiger partial charge is 0.491 e. The average Bonchev–Trinajstić information content (AvgIpc) is 3.13. The summed E-state index contributed by atoms with van der Waals surface area (Å²) in [6.45, 7) is 4.83. The van der Waals surface area contributed by atoms with E-state index in [-0.39, 0.29) is 6.10 Å². The molecule has 0 amide bonds. The summed E-state index contributed by atoms with van der Waals surface area (Å²) < 4.78 is 17.4. The molecule has 1 atom stereocenters. The lowest BCUT2D eigenvalue weighted by molar-refractivity contribution is 0.0682. The topological polar surface area (TPSA) is 39.7 Å². The highest BCUT2D eigenvalue weighted by atomic mass is 16.5. The maximum Gasteiger partial charge on any atom is 0.142 e. The van der Waals surface area contributed by atoms with Gasteiger partial charge < -0.3 is 19.5 Å². The number of aryl methyl sites for hydroxylation is 1. The number of anilines is 1. The van der Waals surface area contributed by atoms with E-state index in [0.29, 0.717) is 19.8 Å². The third-order valence-electron chi connectivity index (χ3n) is 4.10. The number of rotatable bonds is 8. The van der Waals surface area contributed by atoms with E-state index in [4.69, 9.17) is 14.2 Å². The highest BCUT2D eigenvalue weighted by molar-refractivity contribution is 5.56. The fourth-order valence-corrected chi connectivity index (χ4v) is 2.76. The van der Waals surface area contributed by atoms with Crippen molar-refractivity contribution in [3.63, 3.8) is 0 Å². The molecule has 1 aliphatic rings. The van der Waals surface area contributed by atoms with Crippen LogP contribution in [0.15, 0.2) is 48.5 Å². The van der Waals surface area contributed by atoms with Crippen molar-refractivity contribution in [1.82, 2.24) is 0 Å². The van der Waals surface area contributed by atoms with Gasteiger partial charge in [-0.05, 0) is 43.5 Å². The number of hydrogen-bond acceptors (Lipinski definition) is 4. The Kier molecular flexibility index (Phi) is 5.96. The average molecular weight is 327 g/mol. The molecule has 0 aliphatic carbocycles. The normalized spacial score (nSPS) is 16.8. The second kappa shape index (κ2) is 8.60. The molecular weight excluding hydrogens is 302 g/mol. The molecule has 0 spiro atoms. The Hall–Kier alpha value is -2.20. The van der Waals surface area contributed by atoms with Gasteiger partial charge in [0.2, 0.25) is 0 Å². The summed E-state index contributed by atoms with van der Waals surface area (Å²) in [4.78, 5) is 0. The highest BCUT2D eigenvalue weighted by Crippen LogP contribution is 2.25. The molecule has 1 heterocycles. The van der Waals surface area contributed by atoms with Crippen molar-refractivity contribution in [1.29, 1.82) is 0 Å². The Morgan fingerprint density at radius 2 is 1.83 bits per heavy atom. The van der Waals surface area contributed by atoms with Gasteiger partial charge >= 0.3 is 0 Å². The number of nitrogens with one attached hydrogen (secondary N) is 1. The summed E-state index contributed by atoms with van der Waals surface area (Å²) in [5, 5.41) is 3.39. The van der Waals surface area contributed by atoms with Crippen LogP contribution in [0.25, 0.3) is 0 Å². The Morgan fingerprint density at radius 1 is 1.04 bits per heavy atom. The van der Waals surface area contributed by atoms with Gasteiger partial charge in [0.15, 0.2) is 0 Å². The number of hydrogen-bond donors (Lipinski definition) is 1. The van der Waals surface area contributed by atoms with Gasteiger partial charge in [-0.1, -0.05) is 30.3 Å². The molecule has 0 radical (unpaired) electrons. The van der Waals surface area contributed by atoms with Crippen molar-refractivity contribution in [2.24, 2.45) is 0 Å². The lowest BCUT2D eigenvalue weighted by Gasteiger charge is -2.16. The first-order chi connectivity index (χ1) is 11.8. The molecule has 128 valence electrons. The zero-order chi connectivity index (χ0) is 16.6. The summed E-state index contributed by atoms with van der Waals surface area (Å²) in [6.07, 6.45) is 2.44. The van der Waals surface area contributed by atoms with Crippen LogP contribution in [0, 0.1) is 6.92 Å². The maximum absolute atomic E-state index is 5.93. The zero-order valence-corrected chi connectivity index (χ0v) is 14.2. The third kappa shape index (κ3) is 4.65. The van der Waals surface area contributed by atoms with Crippen LogP contribution in [0.2, 0.25) is 0 Å². The minimum Gasteiger partial charge on any atom is -0.491 e. The molecule has 1 fully saturated rings. The second-order valence-corrected chi connectivity index (χ2v) is 5.98. The van der Waals surface area contributed by atoms with Crippen LogP contribution >= 0.6 is 0 Å². The smallest absolute Gasteiger partial charge is 0.142 e. The van der Waals surface area contributed by atoms with E-state index in [1.165, 1.54) is 0 Å². The van der Waals surface area contributed by atoms with E-state index in [2.05, 4.69) is 18.3 Å². The molecule has 4 heteroatoms. The molecule has 1 saturated heterocycles. The molecule has 2 aromatic carbocycles. The van der Waals surface area contributed by atoms with E-state index < -0.39 is 0 Å². The maximum atomic E-state index is 5.93. The SMILES string of the molecule is Cc1ccccc1OCCNc1ccccc1OCC1CCCO1. The van der Waals surface area contributed by atoms with Gasteiger partial charge in [0.05, 0.1) is 11.8 Å². The van der Waals surface area contributed by atoms with E-state index in [0.717, 1.165) is 42.2 Å². The van der Waals surface area contributed by atoms with Crippen LogP contribution in [0.5, 0.6) is 11.5 Å². The Bertz CT molecular complexity index is 638. The van der Waals surface area contributed by atoms with Gasteiger partial charge in [0.25, 0.3) is 0 Å². The van der Waals surface area contributed by atoms with Gasteiger partial charge in [-0.2, -0.15) is 0 Å². The van der Waals surface area contributed by atoms with E-state index in [1.807, 2.05) is 42.5 Å². The molecule has 24 heavy (non-hydrogen) atoms. The molecule has 1 N–H and O–H groups in total. The standard InChI is InChI=1S/C20H25NO3/c1-16-7-2-4-10-19(16)23-14-12-21-18-9-3-5-11-20(18)24-15-17-8-6-13-22-17/h2-5,7,9-11,17,21H,6,8,12-15H2,1H3. The van der Waals surface area contributed by atoms with Gasteiger partial charge in [0, 0.05) is 13.2 Å². The van der Waals surface area contributed by atoms with Gasteiger partial charge in [0.1, 0.15) is 24.7 Å². The van der Waals surface area contributed by atoms with Crippen molar-refractivity contribution in [3.8, 4) is 11.5 Å². The second-order valence-electron chi connectivity index (χ2n) is 5.98. The highest BCUT2D eigenvalue weighted by Gasteiger charge is 2.16. The Morgan fingerprint density at radius 3 is 2.62 bits per heavy atom. The molecule has 0 aromatic heterocycles. The molecule has 4 nitrogen and oxygen atoms in total. The quantitative estimate of drug-likeness (QED) is 0.743. The first-order valence-corrected chi connectivity index (χ1v) is 8.58. The summed E-state index contributed by atoms with van der Waals surface area (Å²) in [5.74, 6) is 1.80. The summed E-state index contributed by atoms with van der Waals surface area (Å²) in [7, 11) is 0. The lowest BCUT2D eigenvalue weighted by Crippen LogP contribution is -2.17. The first kappa shape index (κ1) is 16.7. The third-order valence-corrected chi connectivity index (χ3v) is 4.10. The van der Waals surface area contributed by atoms with E-state index in [1.54, 1.807) is 0 Å². The van der Waals surface area contributed by atoms with Crippen LogP contribution in [0.4, 0.5) is 5.69 Å². The summed E-state index contributed by atoms with van der Waals surface area (Å²) >= 11 is 0. The monoisotopic (exact) mass is 327 g/mol. The van der Waals surface area contributed by atoms with Crippen LogP contribution in [0.1, 0.15) is 18.4 Å². The van der Waals surface area contributed by atoms with Gasteiger partial charge in [-0.15, -0.1) is 0 Å². The Balaban J connectivity index is 1.47. The van der Waals surface area contributed by atoms with Crippen LogP contribution < -0.4 is 14.8 Å². The predicted octanol–water partition coefficient (Wildman–Crippen LogP) is 4.04. The number of para-hydroxylation sites is 3. The molecule has 2 aromatic rings. The van der Waals surface area contributed by atoms with E-state index >= 15 is 0 Å². The van der Waals surface area contributed by atoms with Crippen molar-refractivity contribution >= 4 is 5.69 Å². The predicted molar refractivity (Wildman–Crippen MR) is 96.1 cm³/mol. The fraction of sp³-hybridized carbons (Fsp3) is 0.400. The van der Waals surface area contributed by atoms with Crippen molar-refractivity contribution < 1.29 is 14.2 Å². The zero-order valence-electron chi connectivity index (χ0n) is 14.2. The molecule has 3 rings (SSSR count). The first-order valence-electron chi connectivity index (χ1n) is 8.58. The molecule has 0 saturated carbocycles. The van der Waals surface area contributed by atoms with Crippen molar-refractivity contribution in [2.75, 3.05) is 31.7 Å². The fourth-order valence-electron chi connectivity index (χ4n) is 2.76. The van der Waals surface area contributed by atoms with Crippen molar-refractivity contribution in [2.45, 2.75) is 25.9 Å². The number of benzene rings is 2. The molecule has 0 bridgehead atoms. The molecule has 1 aliphatic heterocycles. The lowest BCUT2D eigenvalue weighted by atomic mass is 10.2. The minimum atomic E-state index is 0.224. The Labute approximate surface area is 143 Å². The van der Waals surface area contributed by atoms with Crippen molar-refractivity contribution in [3.05, 3.63) is 54.1 Å². The van der Waals surface area contributed by atoms with Crippen LogP contribution in [-0.2, 0) is 4.74 Å². The summed E-state index contributed by atoms with van der Waals surface area (Å²) in [6, 6.07) is 16.1. The van der Waals surface area contributed by atoms with Gasteiger partial charge in [-0.25, -0.2) is 0 Å². The number of ether oxygens (including phenoxy) is 3. The molecular formula is C20H25NO3. The summed E-state index contributed by atoms with van der Waals surface area (Å²) in [5.41, 5.74) is 2.14. The van der Waals surface area contributed by atoms with Crippen LogP contribution in [0.3, 0.4) is 0 Å². The molecule has 1 unspecified atom stereocenters. The minimum absolute atomic E-state index is 0.224. The van der Waals surface area contributed by atoms with Gasteiger partial charge in [-0.3, -0.25) is 0 Å².